The standard InChI is InChI=1S/C13H10Cl2N2O3S/c1-6-11(13(19)20)21-10(17-6)5-16-12(18)8-3-2-7(14)4-9(8)15/h2-4H,5H2,1H3,(H,16,18)(H,19,20). The Bertz CT molecular complexity index is 715. The predicted octanol–water partition coefficient (Wildman–Crippen LogP) is 3.39. The Balaban J connectivity index is 2.07. The Morgan fingerprint density at radius 1 is 1.38 bits per heavy atom. The molecule has 0 spiro atoms. The molecule has 0 saturated heterocycles. The molecular formula is C13H10Cl2N2O3S. The Morgan fingerprint density at radius 2 is 2.10 bits per heavy atom. The molecule has 0 atom stereocenters. The summed E-state index contributed by atoms with van der Waals surface area (Å²) in [6.45, 7) is 1.75. The van der Waals surface area contributed by atoms with Gasteiger partial charge in [-0.15, -0.1) is 11.3 Å². The molecule has 0 aliphatic carbocycles. The van der Waals surface area contributed by atoms with E-state index in [0.717, 1.165) is 11.3 Å². The second kappa shape index (κ2) is 6.43. The van der Waals surface area contributed by atoms with Crippen LogP contribution in [0.1, 0.15) is 30.7 Å². The van der Waals surface area contributed by atoms with Crippen molar-refractivity contribution in [3.63, 3.8) is 0 Å². The second-order valence-electron chi connectivity index (χ2n) is 4.13. The van der Waals surface area contributed by atoms with Crippen LogP contribution < -0.4 is 5.32 Å². The van der Waals surface area contributed by atoms with Crippen molar-refractivity contribution in [2.45, 2.75) is 13.5 Å². The number of carbonyl (C=O) groups excluding carboxylic acids is 1. The zero-order chi connectivity index (χ0) is 15.6. The van der Waals surface area contributed by atoms with Gasteiger partial charge < -0.3 is 10.4 Å². The number of thiazole rings is 1. The van der Waals surface area contributed by atoms with E-state index in [-0.39, 0.29) is 22.4 Å². The van der Waals surface area contributed by atoms with Crippen molar-refractivity contribution in [3.05, 3.63) is 49.4 Å². The van der Waals surface area contributed by atoms with Crippen molar-refractivity contribution in [3.8, 4) is 0 Å². The van der Waals surface area contributed by atoms with Crippen molar-refractivity contribution < 1.29 is 14.7 Å². The Labute approximate surface area is 134 Å². The van der Waals surface area contributed by atoms with Crippen LogP contribution in [0.4, 0.5) is 0 Å². The van der Waals surface area contributed by atoms with Crippen LogP contribution in [0.3, 0.4) is 0 Å². The lowest BCUT2D eigenvalue weighted by atomic mass is 10.2. The fraction of sp³-hybridized carbons (Fsp3) is 0.154. The number of carbonyl (C=O) groups is 2. The molecule has 21 heavy (non-hydrogen) atoms. The number of nitrogens with zero attached hydrogens (tertiary/aromatic N) is 1. The average molecular weight is 345 g/mol. The van der Waals surface area contributed by atoms with Crippen molar-refractivity contribution in [1.29, 1.82) is 0 Å². The number of amides is 1. The van der Waals surface area contributed by atoms with Gasteiger partial charge in [0.2, 0.25) is 0 Å². The van der Waals surface area contributed by atoms with Crippen LogP contribution in [-0.2, 0) is 6.54 Å². The van der Waals surface area contributed by atoms with Gasteiger partial charge in [-0.1, -0.05) is 23.2 Å². The molecule has 2 aromatic rings. The first-order valence-electron chi connectivity index (χ1n) is 5.81. The fourth-order valence-electron chi connectivity index (χ4n) is 1.65. The van der Waals surface area contributed by atoms with E-state index in [1.165, 1.54) is 12.1 Å². The number of aromatic carboxylic acids is 1. The molecule has 1 aromatic carbocycles. The largest absolute Gasteiger partial charge is 0.477 e. The monoisotopic (exact) mass is 344 g/mol. The van der Waals surface area contributed by atoms with E-state index in [1.54, 1.807) is 13.0 Å². The Hall–Kier alpha value is -1.63. The van der Waals surface area contributed by atoms with Crippen molar-refractivity contribution >= 4 is 46.4 Å². The van der Waals surface area contributed by atoms with Gasteiger partial charge in [-0.25, -0.2) is 9.78 Å². The average Bonchev–Trinajstić information content (AvgIpc) is 2.77. The van der Waals surface area contributed by atoms with Crippen LogP contribution in [0.5, 0.6) is 0 Å². The minimum atomic E-state index is -1.02. The minimum absolute atomic E-state index is 0.135. The lowest BCUT2D eigenvalue weighted by molar-refractivity contribution is 0.0701. The molecule has 110 valence electrons. The zero-order valence-electron chi connectivity index (χ0n) is 10.8. The van der Waals surface area contributed by atoms with E-state index >= 15 is 0 Å². The summed E-state index contributed by atoms with van der Waals surface area (Å²) in [5, 5.41) is 12.8. The number of hydrogen-bond acceptors (Lipinski definition) is 4. The maximum Gasteiger partial charge on any atom is 0.347 e. The Morgan fingerprint density at radius 3 is 2.67 bits per heavy atom. The van der Waals surface area contributed by atoms with Crippen LogP contribution in [0.25, 0.3) is 0 Å². The van der Waals surface area contributed by atoms with Gasteiger partial charge in [0.15, 0.2) is 0 Å². The maximum absolute atomic E-state index is 12.0. The molecule has 5 nitrogen and oxygen atoms in total. The van der Waals surface area contributed by atoms with Gasteiger partial charge >= 0.3 is 5.97 Å². The third-order valence-corrected chi connectivity index (χ3v) is 4.30. The quantitative estimate of drug-likeness (QED) is 0.890. The van der Waals surface area contributed by atoms with Crippen LogP contribution in [0.15, 0.2) is 18.2 Å². The van der Waals surface area contributed by atoms with E-state index < -0.39 is 5.97 Å². The predicted molar refractivity (Wildman–Crippen MR) is 81.4 cm³/mol. The number of rotatable bonds is 4. The van der Waals surface area contributed by atoms with Gasteiger partial charge in [-0.2, -0.15) is 0 Å². The molecular weight excluding hydrogens is 335 g/mol. The first-order chi connectivity index (χ1) is 9.88. The van der Waals surface area contributed by atoms with Crippen molar-refractivity contribution in [1.82, 2.24) is 10.3 Å². The normalized spacial score (nSPS) is 10.4. The van der Waals surface area contributed by atoms with Crippen molar-refractivity contribution in [2.75, 3.05) is 0 Å². The molecule has 1 amide bonds. The zero-order valence-corrected chi connectivity index (χ0v) is 13.1. The molecule has 0 unspecified atom stereocenters. The number of benzene rings is 1. The van der Waals surface area contributed by atoms with E-state index in [9.17, 15) is 9.59 Å². The van der Waals surface area contributed by atoms with Gasteiger partial charge in [0.1, 0.15) is 9.88 Å². The van der Waals surface area contributed by atoms with Gasteiger partial charge in [0, 0.05) is 5.02 Å². The summed E-state index contributed by atoms with van der Waals surface area (Å²) in [4.78, 5) is 27.2. The summed E-state index contributed by atoms with van der Waals surface area (Å²) in [6.07, 6.45) is 0. The van der Waals surface area contributed by atoms with E-state index in [2.05, 4.69) is 10.3 Å². The maximum atomic E-state index is 12.0. The fourth-order valence-corrected chi connectivity index (χ4v) is 2.99. The van der Waals surface area contributed by atoms with E-state index in [0.29, 0.717) is 21.3 Å². The lowest BCUT2D eigenvalue weighted by Gasteiger charge is -2.05. The van der Waals surface area contributed by atoms with Gasteiger partial charge in [-0.05, 0) is 25.1 Å². The molecule has 8 heteroatoms. The van der Waals surface area contributed by atoms with E-state index in [4.69, 9.17) is 28.3 Å². The third kappa shape index (κ3) is 3.72. The molecule has 0 aliphatic rings. The number of hydrogen-bond donors (Lipinski definition) is 2. The summed E-state index contributed by atoms with van der Waals surface area (Å²) in [5.41, 5.74) is 0.731. The van der Waals surface area contributed by atoms with Gasteiger partial charge in [0.25, 0.3) is 5.91 Å². The summed E-state index contributed by atoms with van der Waals surface area (Å²) in [5.74, 6) is -1.40. The lowest BCUT2D eigenvalue weighted by Crippen LogP contribution is -2.23. The summed E-state index contributed by atoms with van der Waals surface area (Å²) in [6, 6.07) is 4.57. The van der Waals surface area contributed by atoms with Crippen LogP contribution in [-0.4, -0.2) is 22.0 Å². The number of carboxylic acids is 1. The number of halogens is 2. The highest BCUT2D eigenvalue weighted by Gasteiger charge is 2.15. The molecule has 0 saturated carbocycles. The summed E-state index contributed by atoms with van der Waals surface area (Å²) < 4.78 is 0. The summed E-state index contributed by atoms with van der Waals surface area (Å²) in [7, 11) is 0. The smallest absolute Gasteiger partial charge is 0.347 e. The van der Waals surface area contributed by atoms with Crippen LogP contribution >= 0.6 is 34.5 Å². The topological polar surface area (TPSA) is 79.3 Å². The molecule has 0 radical (unpaired) electrons. The first kappa shape index (κ1) is 15.8. The molecule has 0 bridgehead atoms. The SMILES string of the molecule is Cc1nc(CNC(=O)c2ccc(Cl)cc2Cl)sc1C(=O)O. The highest BCUT2D eigenvalue weighted by atomic mass is 35.5. The molecule has 2 N–H and O–H groups in total. The Kier molecular flexibility index (Phi) is 4.82. The molecule has 2 rings (SSSR count). The highest BCUT2D eigenvalue weighted by Crippen LogP contribution is 2.21. The molecule has 1 heterocycles. The van der Waals surface area contributed by atoms with Gasteiger partial charge in [-0.3, -0.25) is 4.79 Å². The number of aryl methyl sites for hydroxylation is 1. The van der Waals surface area contributed by atoms with E-state index in [1.807, 2.05) is 0 Å². The number of aromatic nitrogens is 1. The minimum Gasteiger partial charge on any atom is -0.477 e. The number of carboxylic acid groups (broad SMARTS) is 1. The van der Waals surface area contributed by atoms with Crippen LogP contribution in [0, 0.1) is 6.92 Å². The summed E-state index contributed by atoms with van der Waals surface area (Å²) >= 11 is 12.7. The molecule has 0 fully saturated rings. The van der Waals surface area contributed by atoms with Crippen molar-refractivity contribution in [2.24, 2.45) is 0 Å². The van der Waals surface area contributed by atoms with Gasteiger partial charge in [0.05, 0.1) is 22.8 Å². The molecule has 0 aliphatic heterocycles. The number of nitrogens with one attached hydrogen (secondary N) is 1. The molecule has 1 aromatic heterocycles. The highest BCUT2D eigenvalue weighted by molar-refractivity contribution is 7.13. The first-order valence-corrected chi connectivity index (χ1v) is 7.38. The second-order valence-corrected chi connectivity index (χ2v) is 6.06. The third-order valence-electron chi connectivity index (χ3n) is 2.61. The van der Waals surface area contributed by atoms with Crippen LogP contribution in [0.2, 0.25) is 10.0 Å².